The van der Waals surface area contributed by atoms with Gasteiger partial charge in [-0.2, -0.15) is 0 Å². The topological polar surface area (TPSA) is 98.8 Å². The van der Waals surface area contributed by atoms with Gasteiger partial charge in [0.1, 0.15) is 48.5 Å². The van der Waals surface area contributed by atoms with Crippen molar-refractivity contribution in [2.45, 2.75) is 39.5 Å². The third kappa shape index (κ3) is 7.29. The molecule has 1 amide bonds. The van der Waals surface area contributed by atoms with E-state index in [1.807, 2.05) is 0 Å². The molecule has 36 heavy (non-hydrogen) atoms. The van der Waals surface area contributed by atoms with Gasteiger partial charge >= 0.3 is 0 Å². The van der Waals surface area contributed by atoms with Crippen molar-refractivity contribution in [3.05, 3.63) is 65.5 Å². The fraction of sp³-hybridized carbons (Fsp3) is 0.381. The van der Waals surface area contributed by atoms with Crippen LogP contribution in [0.15, 0.2) is 48.5 Å². The van der Waals surface area contributed by atoms with Crippen LogP contribution in [-0.4, -0.2) is 96.4 Å². The summed E-state index contributed by atoms with van der Waals surface area (Å²) in [7, 11) is 9.66. The number of alkyl halides is 2. The van der Waals surface area contributed by atoms with Crippen molar-refractivity contribution in [2.75, 3.05) is 11.4 Å². The minimum absolute atomic E-state index is 0.289. The number of hydrogen-bond acceptors (Lipinski definition) is 5. The number of carbonyl (C=O) groups excluding carboxylic acids is 1. The van der Waals surface area contributed by atoms with Crippen molar-refractivity contribution in [1.29, 1.82) is 0 Å². The highest BCUT2D eigenvalue weighted by Crippen LogP contribution is 2.38. The first-order valence-electron chi connectivity index (χ1n) is 11.9. The Morgan fingerprint density at radius 1 is 0.917 bits per heavy atom. The van der Waals surface area contributed by atoms with E-state index < -0.39 is 26.6 Å². The molecule has 0 aliphatic carbocycles. The van der Waals surface area contributed by atoms with Crippen LogP contribution in [0, 0.1) is 5.82 Å². The molecule has 0 heterocycles. The average molecular weight is 529 g/mol. The lowest BCUT2D eigenvalue weighted by atomic mass is 9.51. The number of aliphatic hydroxyl groups is 2. The van der Waals surface area contributed by atoms with Gasteiger partial charge in [0.2, 0.25) is 5.91 Å². The molecule has 0 saturated heterocycles. The number of nitrogens with two attached hydrogens (primary N) is 1. The molecular weight excluding hydrogens is 497 g/mol. The number of carbonyl (C=O) groups is 1. The molecule has 0 aliphatic heterocycles. The molecule has 2 aromatic carbocycles. The first kappa shape index (κ1) is 30.7. The maximum atomic E-state index is 13.0. The van der Waals surface area contributed by atoms with Crippen LogP contribution in [0.25, 0.3) is 0 Å². The number of nitrogens with zero attached hydrogens (tertiary/aromatic N) is 1. The predicted octanol–water partition coefficient (Wildman–Crippen LogP) is -4.26. The number of nitrogens with one attached hydrogen (secondary N) is 1. The summed E-state index contributed by atoms with van der Waals surface area (Å²) in [5.41, 5.74) is 4.94. The lowest BCUT2D eigenvalue weighted by molar-refractivity contribution is -0.122. The summed E-state index contributed by atoms with van der Waals surface area (Å²) in [5.74, 6) is -0.592. The van der Waals surface area contributed by atoms with Gasteiger partial charge in [0.05, 0.1) is 6.04 Å². The van der Waals surface area contributed by atoms with Crippen molar-refractivity contribution < 1.29 is 19.4 Å². The van der Waals surface area contributed by atoms with Crippen LogP contribution in [0.4, 0.5) is 10.1 Å². The molecule has 0 fully saturated rings. The quantitative estimate of drug-likeness (QED) is 0.134. The van der Waals surface area contributed by atoms with Gasteiger partial charge in [-0.15, -0.1) is 23.2 Å². The average Bonchev–Trinajstić information content (AvgIpc) is 2.74. The first-order chi connectivity index (χ1) is 16.4. The van der Waals surface area contributed by atoms with E-state index in [1.165, 1.54) is 32.7 Å². The van der Waals surface area contributed by atoms with Gasteiger partial charge in [-0.05, 0) is 48.2 Å². The van der Waals surface area contributed by atoms with Crippen molar-refractivity contribution in [1.82, 2.24) is 5.32 Å². The lowest BCUT2D eigenvalue weighted by Crippen LogP contribution is -2.76. The molecule has 15 heteroatoms. The van der Waals surface area contributed by atoms with Crippen molar-refractivity contribution in [2.24, 2.45) is 5.73 Å². The molecule has 2 rings (SSSR count). The minimum atomic E-state index is -1.69. The summed E-state index contributed by atoms with van der Waals surface area (Å²) >= 11 is 13.0. The highest BCUT2D eigenvalue weighted by Gasteiger charge is 2.53. The zero-order chi connectivity index (χ0) is 27.5. The molecule has 3 atom stereocenters. The number of hydrogen-bond donors (Lipinski definition) is 4. The molecule has 188 valence electrons. The second-order valence-electron chi connectivity index (χ2n) is 10.5. The molecular formula is C21H32B6Cl2FN3O3. The summed E-state index contributed by atoms with van der Waals surface area (Å²) in [6.45, 7) is 0.388. The summed E-state index contributed by atoms with van der Waals surface area (Å²) in [6, 6.07) is 12.4. The molecule has 0 aliphatic rings. The number of benzene rings is 2. The highest BCUT2D eigenvalue weighted by molar-refractivity contribution is 6.67. The van der Waals surface area contributed by atoms with E-state index in [0.717, 1.165) is 11.1 Å². The molecule has 0 bridgehead atoms. The Bertz CT molecular complexity index is 1010. The van der Waals surface area contributed by atoms with E-state index in [0.29, 0.717) is 18.7 Å². The zero-order valence-corrected chi connectivity index (χ0v) is 23.3. The van der Waals surface area contributed by atoms with Crippen molar-refractivity contribution in [3.8, 4) is 0 Å². The Hall–Kier alpha value is -1.51. The van der Waals surface area contributed by atoms with Gasteiger partial charge in [0, 0.05) is 21.6 Å². The zero-order valence-electron chi connectivity index (χ0n) is 21.8. The Kier molecular flexibility index (Phi) is 9.79. The third-order valence-electron chi connectivity index (χ3n) is 6.74. The lowest BCUT2D eigenvalue weighted by Gasteiger charge is -2.57. The van der Waals surface area contributed by atoms with Crippen molar-refractivity contribution in [3.63, 3.8) is 0 Å². The van der Waals surface area contributed by atoms with Gasteiger partial charge < -0.3 is 26.2 Å². The number of rotatable bonds is 11. The Morgan fingerprint density at radius 3 is 1.81 bits per heavy atom. The summed E-state index contributed by atoms with van der Waals surface area (Å²) < 4.78 is 10.7. The van der Waals surface area contributed by atoms with Gasteiger partial charge in [0.25, 0.3) is 0 Å². The second-order valence-corrected chi connectivity index (χ2v) is 12.4. The summed E-state index contributed by atoms with van der Waals surface area (Å²) in [5, 5.41) is 25.6. The van der Waals surface area contributed by atoms with Gasteiger partial charge in [-0.25, -0.2) is 4.39 Å². The fourth-order valence-corrected chi connectivity index (χ4v) is 3.87. The number of anilines is 1. The molecule has 5 N–H and O–H groups in total. The van der Waals surface area contributed by atoms with Crippen LogP contribution in [-0.2, 0) is 17.6 Å². The molecule has 3 unspecified atom stereocenters. The van der Waals surface area contributed by atoms with Crippen LogP contribution >= 0.6 is 23.2 Å². The van der Waals surface area contributed by atoms with Crippen LogP contribution in [0.3, 0.4) is 0 Å². The van der Waals surface area contributed by atoms with Gasteiger partial charge in [-0.1, -0.05) is 24.3 Å². The van der Waals surface area contributed by atoms with Crippen LogP contribution in [0.1, 0.15) is 11.1 Å². The fourth-order valence-electron chi connectivity index (χ4n) is 3.70. The monoisotopic (exact) mass is 529 g/mol. The van der Waals surface area contributed by atoms with E-state index in [9.17, 15) is 19.4 Å². The molecule has 0 aromatic heterocycles. The van der Waals surface area contributed by atoms with E-state index in [1.54, 1.807) is 67.8 Å². The SMILES string of the molecule is BC(B)(Cl)C(B)(O)N(c1ccc(CC(N)C(=O)NCCc2ccc(F)cc2)cc1)C(B)(O)C(B)(B)Cl. The molecule has 6 nitrogen and oxygen atoms in total. The summed E-state index contributed by atoms with van der Waals surface area (Å²) in [4.78, 5) is 13.9. The van der Waals surface area contributed by atoms with E-state index in [2.05, 4.69) is 5.32 Å². The van der Waals surface area contributed by atoms with E-state index >= 15 is 0 Å². The number of amides is 1. The van der Waals surface area contributed by atoms with Crippen LogP contribution in [0.5, 0.6) is 0 Å². The van der Waals surface area contributed by atoms with Crippen LogP contribution < -0.4 is 16.0 Å². The Labute approximate surface area is 228 Å². The highest BCUT2D eigenvalue weighted by atomic mass is 35.5. The standard InChI is InChI=1S/C21H32B6Cl2FN3O3/c22-18(23,28)20(26,35)33(21(27,36)19(24,25)29)15-7-3-13(4-8-15)11-16(31)17(34)32-10-9-12-1-5-14(30)6-2-12/h1-8,16,35-36H,9-11,22-27,31H2,(H,32,34). The van der Waals surface area contributed by atoms with E-state index in [-0.39, 0.29) is 18.1 Å². The smallest absolute Gasteiger partial charge is 0.237 e. The molecule has 0 radical (unpaired) electrons. The Balaban J connectivity index is 2.13. The summed E-state index contributed by atoms with van der Waals surface area (Å²) in [6.07, 6.45) is 0.856. The first-order valence-corrected chi connectivity index (χ1v) is 12.6. The largest absolute Gasteiger partial charge is 0.379 e. The van der Waals surface area contributed by atoms with E-state index in [4.69, 9.17) is 28.9 Å². The minimum Gasteiger partial charge on any atom is -0.379 e. The Morgan fingerprint density at radius 2 is 1.36 bits per heavy atom. The van der Waals surface area contributed by atoms with Gasteiger partial charge in [-0.3, -0.25) is 4.79 Å². The normalized spacial score (nSPS) is 16.4. The molecule has 0 saturated carbocycles. The molecule has 0 spiro atoms. The second kappa shape index (κ2) is 11.5. The maximum absolute atomic E-state index is 13.0. The van der Waals surface area contributed by atoms with Crippen LogP contribution in [0.2, 0.25) is 0 Å². The molecule has 2 aromatic rings. The van der Waals surface area contributed by atoms with Crippen molar-refractivity contribution >= 4 is 81.9 Å². The predicted molar refractivity (Wildman–Crippen MR) is 162 cm³/mol. The third-order valence-corrected chi connectivity index (χ3v) is 7.45. The number of halogens is 3. The maximum Gasteiger partial charge on any atom is 0.237 e. The van der Waals surface area contributed by atoms with Gasteiger partial charge in [0.15, 0.2) is 15.7 Å².